The Hall–Kier alpha value is -2.49. The molecule has 0 saturated heterocycles. The van der Waals surface area contributed by atoms with Crippen LogP contribution in [0.25, 0.3) is 15.9 Å². The van der Waals surface area contributed by atoms with E-state index in [1.54, 1.807) is 34.9 Å². The van der Waals surface area contributed by atoms with Crippen LogP contribution in [0.1, 0.15) is 32.3 Å². The molecule has 0 saturated carbocycles. The molecule has 0 unspecified atom stereocenters. The molecule has 0 radical (unpaired) electrons. The molecule has 0 N–H and O–H groups in total. The van der Waals surface area contributed by atoms with E-state index in [4.69, 9.17) is 4.98 Å². The largest absolute Gasteiger partial charge is 0.348 e. The van der Waals surface area contributed by atoms with Gasteiger partial charge in [-0.3, -0.25) is 14.2 Å². The summed E-state index contributed by atoms with van der Waals surface area (Å²) in [7, 11) is 3.49. The number of aromatic nitrogens is 3. The highest BCUT2D eigenvalue weighted by atomic mass is 32.2. The summed E-state index contributed by atoms with van der Waals surface area (Å²) in [5.74, 6) is 0.599. The van der Waals surface area contributed by atoms with Gasteiger partial charge in [-0.25, -0.2) is 9.97 Å². The fourth-order valence-corrected chi connectivity index (χ4v) is 6.42. The molecule has 3 aromatic heterocycles. The van der Waals surface area contributed by atoms with E-state index in [-0.39, 0.29) is 11.5 Å². The van der Waals surface area contributed by atoms with E-state index in [0.717, 1.165) is 42.8 Å². The number of carbonyl (C=O) groups excluding carboxylic acids is 1. The van der Waals surface area contributed by atoms with Crippen LogP contribution in [-0.4, -0.2) is 39.4 Å². The average molecular weight is 499 g/mol. The fraction of sp³-hybridized carbons (Fsp3) is 0.333. The predicted molar refractivity (Wildman–Crippen MR) is 138 cm³/mol. The molecule has 3 heterocycles. The summed E-state index contributed by atoms with van der Waals surface area (Å²) in [6.07, 6.45) is 0.299. The van der Waals surface area contributed by atoms with Crippen molar-refractivity contribution in [1.29, 1.82) is 0 Å². The summed E-state index contributed by atoms with van der Waals surface area (Å²) in [5.41, 5.74) is 4.87. The molecule has 172 valence electrons. The first kappa shape index (κ1) is 23.7. The lowest BCUT2D eigenvalue weighted by molar-refractivity contribution is -0.127. The SMILES string of the molecule is Cc1ccc(-n2c(SCc3csc(CC(=O)N(C)C)n3)nc3sc(C)c(C)c3c2=O)c(C)c1. The molecule has 9 heteroatoms. The van der Waals surface area contributed by atoms with Crippen molar-refractivity contribution in [1.82, 2.24) is 19.4 Å². The number of carbonyl (C=O) groups is 1. The lowest BCUT2D eigenvalue weighted by Crippen LogP contribution is -2.23. The van der Waals surface area contributed by atoms with Crippen LogP contribution in [0.4, 0.5) is 0 Å². The fourth-order valence-electron chi connectivity index (χ4n) is 3.56. The Kier molecular flexibility index (Phi) is 6.74. The van der Waals surface area contributed by atoms with Crippen LogP contribution in [0.15, 0.2) is 33.5 Å². The van der Waals surface area contributed by atoms with Gasteiger partial charge in [0, 0.05) is 30.1 Å². The maximum atomic E-state index is 13.7. The number of thiophene rings is 1. The third-order valence-electron chi connectivity index (χ3n) is 5.52. The molecular weight excluding hydrogens is 472 g/mol. The summed E-state index contributed by atoms with van der Waals surface area (Å²) in [4.78, 5) is 38.7. The van der Waals surface area contributed by atoms with Gasteiger partial charge in [0.15, 0.2) is 5.16 Å². The summed E-state index contributed by atoms with van der Waals surface area (Å²) < 4.78 is 1.74. The number of hydrogen-bond donors (Lipinski definition) is 0. The monoisotopic (exact) mass is 498 g/mol. The molecule has 0 aliphatic carbocycles. The van der Waals surface area contributed by atoms with Crippen molar-refractivity contribution >= 4 is 50.6 Å². The van der Waals surface area contributed by atoms with Crippen LogP contribution in [0.2, 0.25) is 0 Å². The summed E-state index contributed by atoms with van der Waals surface area (Å²) in [5, 5.41) is 4.12. The standard InChI is InChI=1S/C24H26N4O2S3/c1-13-7-8-18(14(2)9-13)28-23(30)21-15(3)16(4)33-22(21)26-24(28)32-12-17-11-31-19(25-17)10-20(29)27(5)6/h7-9,11H,10,12H2,1-6H3. The van der Waals surface area contributed by atoms with Gasteiger partial charge in [0.2, 0.25) is 5.91 Å². The van der Waals surface area contributed by atoms with E-state index in [1.165, 1.54) is 23.1 Å². The van der Waals surface area contributed by atoms with Crippen LogP contribution in [-0.2, 0) is 17.0 Å². The Balaban J connectivity index is 1.73. The van der Waals surface area contributed by atoms with Crippen molar-refractivity contribution in [3.05, 3.63) is 66.2 Å². The third-order valence-corrected chi connectivity index (χ3v) is 8.49. The van der Waals surface area contributed by atoms with Crippen LogP contribution in [0.5, 0.6) is 0 Å². The summed E-state index contributed by atoms with van der Waals surface area (Å²) in [6, 6.07) is 6.10. The van der Waals surface area contributed by atoms with Crippen molar-refractivity contribution in [3.8, 4) is 5.69 Å². The highest BCUT2D eigenvalue weighted by Gasteiger charge is 2.19. The van der Waals surface area contributed by atoms with Crippen LogP contribution < -0.4 is 5.56 Å². The molecule has 0 aliphatic rings. The van der Waals surface area contributed by atoms with Gasteiger partial charge in [0.25, 0.3) is 5.56 Å². The maximum Gasteiger partial charge on any atom is 0.267 e. The second kappa shape index (κ2) is 9.40. The number of aryl methyl sites for hydroxylation is 4. The van der Waals surface area contributed by atoms with Gasteiger partial charge in [-0.05, 0) is 44.9 Å². The molecule has 1 aromatic carbocycles. The number of thiazole rings is 1. The zero-order valence-corrected chi connectivity index (χ0v) is 22.0. The van der Waals surface area contributed by atoms with Crippen molar-refractivity contribution in [2.45, 2.75) is 45.0 Å². The number of rotatable bonds is 6. The maximum absolute atomic E-state index is 13.7. The molecule has 1 amide bonds. The highest BCUT2D eigenvalue weighted by Crippen LogP contribution is 2.31. The molecule has 4 rings (SSSR count). The molecular formula is C24H26N4O2S3. The topological polar surface area (TPSA) is 68.1 Å². The van der Waals surface area contributed by atoms with Gasteiger partial charge in [-0.1, -0.05) is 29.5 Å². The Labute approximate surface area is 205 Å². The van der Waals surface area contributed by atoms with Gasteiger partial charge >= 0.3 is 0 Å². The predicted octanol–water partition coefficient (Wildman–Crippen LogP) is 5.06. The first-order chi connectivity index (χ1) is 15.7. The van der Waals surface area contributed by atoms with Crippen LogP contribution in [0.3, 0.4) is 0 Å². The van der Waals surface area contributed by atoms with Crippen molar-refractivity contribution in [3.63, 3.8) is 0 Å². The van der Waals surface area contributed by atoms with E-state index >= 15 is 0 Å². The first-order valence-corrected chi connectivity index (χ1v) is 13.2. The highest BCUT2D eigenvalue weighted by molar-refractivity contribution is 7.98. The number of thioether (sulfide) groups is 1. The zero-order valence-electron chi connectivity index (χ0n) is 19.6. The molecule has 4 aromatic rings. The van der Waals surface area contributed by atoms with Crippen molar-refractivity contribution in [2.75, 3.05) is 14.1 Å². The molecule has 33 heavy (non-hydrogen) atoms. The Morgan fingerprint density at radius 3 is 2.61 bits per heavy atom. The lowest BCUT2D eigenvalue weighted by atomic mass is 10.1. The van der Waals surface area contributed by atoms with Crippen molar-refractivity contribution < 1.29 is 4.79 Å². The van der Waals surface area contributed by atoms with E-state index in [2.05, 4.69) is 11.1 Å². The number of nitrogens with zero attached hydrogens (tertiary/aromatic N) is 4. The summed E-state index contributed by atoms with van der Waals surface area (Å²) in [6.45, 7) is 8.08. The number of amides is 1. The number of likely N-dealkylation sites (N-methyl/N-ethyl adjacent to an activating group) is 1. The van der Waals surface area contributed by atoms with Crippen LogP contribution >= 0.6 is 34.4 Å². The van der Waals surface area contributed by atoms with Gasteiger partial charge in [0.1, 0.15) is 9.84 Å². The van der Waals surface area contributed by atoms with E-state index < -0.39 is 0 Å². The average Bonchev–Trinajstić information content (AvgIpc) is 3.31. The molecule has 0 fully saturated rings. The van der Waals surface area contributed by atoms with Crippen molar-refractivity contribution in [2.24, 2.45) is 0 Å². The second-order valence-corrected chi connectivity index (χ2v) is 11.4. The quantitative estimate of drug-likeness (QED) is 0.275. The molecule has 0 aliphatic heterocycles. The lowest BCUT2D eigenvalue weighted by Gasteiger charge is -2.14. The number of hydrogen-bond acceptors (Lipinski definition) is 7. The second-order valence-electron chi connectivity index (χ2n) is 8.27. The Morgan fingerprint density at radius 1 is 1.15 bits per heavy atom. The minimum absolute atomic E-state index is 0.0304. The number of fused-ring (bicyclic) bond motifs is 1. The van der Waals surface area contributed by atoms with Gasteiger partial charge in [0.05, 0.1) is 23.2 Å². The zero-order chi connectivity index (χ0) is 23.9. The van der Waals surface area contributed by atoms with Gasteiger partial charge in [-0.15, -0.1) is 22.7 Å². The number of benzene rings is 1. The van der Waals surface area contributed by atoms with Crippen LogP contribution in [0, 0.1) is 27.7 Å². The van der Waals surface area contributed by atoms with Gasteiger partial charge < -0.3 is 4.90 Å². The molecule has 0 bridgehead atoms. The van der Waals surface area contributed by atoms with E-state index in [9.17, 15) is 9.59 Å². The van der Waals surface area contributed by atoms with E-state index in [1.807, 2.05) is 45.2 Å². The molecule has 0 atom stereocenters. The smallest absolute Gasteiger partial charge is 0.267 e. The molecule has 6 nitrogen and oxygen atoms in total. The third kappa shape index (κ3) is 4.76. The minimum atomic E-state index is -0.0353. The summed E-state index contributed by atoms with van der Waals surface area (Å²) >= 11 is 4.54. The van der Waals surface area contributed by atoms with Gasteiger partial charge in [-0.2, -0.15) is 0 Å². The first-order valence-electron chi connectivity index (χ1n) is 10.5. The Morgan fingerprint density at radius 2 is 1.91 bits per heavy atom. The minimum Gasteiger partial charge on any atom is -0.348 e. The Bertz CT molecular complexity index is 1420. The normalized spacial score (nSPS) is 11.3. The molecule has 0 spiro atoms. The van der Waals surface area contributed by atoms with E-state index in [0.29, 0.717) is 22.7 Å².